The second-order valence-electron chi connectivity index (χ2n) is 6.39. The SMILES string of the molecule is CCC(CC)(c1ccc(Cl)cc1F)c1c[nH]c2c(CSC)cccc12. The van der Waals surface area contributed by atoms with Gasteiger partial charge < -0.3 is 4.98 Å². The second-order valence-corrected chi connectivity index (χ2v) is 7.69. The minimum Gasteiger partial charge on any atom is -0.361 e. The van der Waals surface area contributed by atoms with Crippen LogP contribution in [0.2, 0.25) is 5.02 Å². The largest absolute Gasteiger partial charge is 0.361 e. The highest BCUT2D eigenvalue weighted by molar-refractivity contribution is 7.97. The highest BCUT2D eigenvalue weighted by Crippen LogP contribution is 2.44. The number of nitrogens with one attached hydrogen (secondary N) is 1. The minimum absolute atomic E-state index is 0.231. The van der Waals surface area contributed by atoms with E-state index < -0.39 is 0 Å². The molecule has 0 aliphatic heterocycles. The molecule has 132 valence electrons. The Morgan fingerprint density at radius 3 is 2.52 bits per heavy atom. The molecule has 0 aliphatic rings. The van der Waals surface area contributed by atoms with Crippen molar-refractivity contribution in [3.05, 3.63) is 70.1 Å². The molecule has 0 radical (unpaired) electrons. The maximum Gasteiger partial charge on any atom is 0.128 e. The van der Waals surface area contributed by atoms with Gasteiger partial charge in [-0.05, 0) is 47.9 Å². The third-order valence-electron chi connectivity index (χ3n) is 5.27. The molecule has 1 aromatic heterocycles. The lowest BCUT2D eigenvalue weighted by Gasteiger charge is -2.33. The Morgan fingerprint density at radius 1 is 1.12 bits per heavy atom. The van der Waals surface area contributed by atoms with Gasteiger partial charge in [-0.3, -0.25) is 0 Å². The molecular formula is C21H23ClFNS. The van der Waals surface area contributed by atoms with Crippen molar-refractivity contribution in [2.45, 2.75) is 37.9 Å². The summed E-state index contributed by atoms with van der Waals surface area (Å²) >= 11 is 7.78. The van der Waals surface area contributed by atoms with Crippen LogP contribution < -0.4 is 0 Å². The molecule has 1 heterocycles. The molecular weight excluding hydrogens is 353 g/mol. The number of halogens is 2. The van der Waals surface area contributed by atoms with Crippen molar-refractivity contribution in [2.75, 3.05) is 6.26 Å². The van der Waals surface area contributed by atoms with E-state index in [0.29, 0.717) is 5.02 Å². The number of benzene rings is 2. The Morgan fingerprint density at radius 2 is 1.88 bits per heavy atom. The van der Waals surface area contributed by atoms with E-state index in [4.69, 9.17) is 11.6 Å². The van der Waals surface area contributed by atoms with Crippen molar-refractivity contribution < 1.29 is 4.39 Å². The first-order valence-electron chi connectivity index (χ1n) is 8.61. The zero-order valence-electron chi connectivity index (χ0n) is 14.8. The molecule has 0 amide bonds. The minimum atomic E-state index is -0.370. The summed E-state index contributed by atoms with van der Waals surface area (Å²) in [7, 11) is 0. The van der Waals surface area contributed by atoms with Crippen molar-refractivity contribution in [3.8, 4) is 0 Å². The lowest BCUT2D eigenvalue weighted by molar-refractivity contribution is 0.452. The fraction of sp³-hybridized carbons (Fsp3) is 0.333. The van der Waals surface area contributed by atoms with Crippen LogP contribution in [0.1, 0.15) is 43.4 Å². The Hall–Kier alpha value is -1.45. The van der Waals surface area contributed by atoms with Crippen molar-refractivity contribution in [3.63, 3.8) is 0 Å². The van der Waals surface area contributed by atoms with Crippen LogP contribution in [0.5, 0.6) is 0 Å². The van der Waals surface area contributed by atoms with E-state index in [1.54, 1.807) is 17.8 Å². The molecule has 0 aliphatic carbocycles. The van der Waals surface area contributed by atoms with Gasteiger partial charge in [0, 0.05) is 33.3 Å². The molecule has 1 N–H and O–H groups in total. The fourth-order valence-corrected chi connectivity index (χ4v) is 4.63. The zero-order chi connectivity index (χ0) is 18.0. The summed E-state index contributed by atoms with van der Waals surface area (Å²) < 4.78 is 14.8. The Labute approximate surface area is 158 Å². The monoisotopic (exact) mass is 375 g/mol. The smallest absolute Gasteiger partial charge is 0.128 e. The number of hydrogen-bond donors (Lipinski definition) is 1. The molecule has 3 aromatic rings. The van der Waals surface area contributed by atoms with Gasteiger partial charge in [0.05, 0.1) is 0 Å². The van der Waals surface area contributed by atoms with E-state index in [1.807, 2.05) is 6.07 Å². The summed E-state index contributed by atoms with van der Waals surface area (Å²) in [5.74, 6) is 0.725. The summed E-state index contributed by atoms with van der Waals surface area (Å²) in [6.45, 7) is 4.25. The molecule has 0 saturated carbocycles. The lowest BCUT2D eigenvalue weighted by Crippen LogP contribution is -2.27. The Bertz CT molecular complexity index is 883. The summed E-state index contributed by atoms with van der Waals surface area (Å²) in [6, 6.07) is 11.4. The van der Waals surface area contributed by atoms with E-state index in [1.165, 1.54) is 17.0 Å². The molecule has 4 heteroatoms. The molecule has 25 heavy (non-hydrogen) atoms. The summed E-state index contributed by atoms with van der Waals surface area (Å²) in [5.41, 5.74) is 3.96. The Kier molecular flexibility index (Phi) is 5.45. The first-order chi connectivity index (χ1) is 12.1. The summed E-state index contributed by atoms with van der Waals surface area (Å²) in [4.78, 5) is 3.45. The third-order valence-corrected chi connectivity index (χ3v) is 6.11. The van der Waals surface area contributed by atoms with Crippen LogP contribution in [0.3, 0.4) is 0 Å². The highest BCUT2D eigenvalue weighted by atomic mass is 35.5. The number of rotatable bonds is 6. The number of thioether (sulfide) groups is 1. The van der Waals surface area contributed by atoms with E-state index in [-0.39, 0.29) is 11.2 Å². The first kappa shape index (κ1) is 18.3. The van der Waals surface area contributed by atoms with E-state index in [9.17, 15) is 4.39 Å². The first-order valence-corrected chi connectivity index (χ1v) is 10.4. The normalized spacial score (nSPS) is 12.0. The lowest BCUT2D eigenvalue weighted by atomic mass is 9.70. The molecule has 2 aromatic carbocycles. The number of hydrogen-bond acceptors (Lipinski definition) is 1. The van der Waals surface area contributed by atoms with Crippen LogP contribution in [0, 0.1) is 5.82 Å². The second kappa shape index (κ2) is 7.43. The van der Waals surface area contributed by atoms with Gasteiger partial charge in [-0.1, -0.05) is 49.7 Å². The quantitative estimate of drug-likeness (QED) is 0.493. The van der Waals surface area contributed by atoms with Gasteiger partial charge in [0.15, 0.2) is 0 Å². The predicted molar refractivity (Wildman–Crippen MR) is 108 cm³/mol. The van der Waals surface area contributed by atoms with Gasteiger partial charge in [0.1, 0.15) is 5.82 Å². The molecule has 0 unspecified atom stereocenters. The number of aromatic amines is 1. The van der Waals surface area contributed by atoms with Gasteiger partial charge >= 0.3 is 0 Å². The molecule has 0 saturated heterocycles. The average molecular weight is 376 g/mol. The van der Waals surface area contributed by atoms with Crippen molar-refractivity contribution in [1.29, 1.82) is 0 Å². The highest BCUT2D eigenvalue weighted by Gasteiger charge is 2.35. The van der Waals surface area contributed by atoms with Crippen molar-refractivity contribution in [1.82, 2.24) is 4.98 Å². The van der Waals surface area contributed by atoms with Crippen LogP contribution in [0.15, 0.2) is 42.6 Å². The molecule has 0 bridgehead atoms. The number of H-pyrrole nitrogens is 1. The number of fused-ring (bicyclic) bond motifs is 1. The average Bonchev–Trinajstić information content (AvgIpc) is 3.04. The van der Waals surface area contributed by atoms with Gasteiger partial charge in [0.25, 0.3) is 0 Å². The maximum absolute atomic E-state index is 14.8. The number of para-hydroxylation sites is 1. The van der Waals surface area contributed by atoms with E-state index >= 15 is 0 Å². The predicted octanol–water partition coefficient (Wildman–Crippen LogP) is 6.93. The number of aromatic nitrogens is 1. The van der Waals surface area contributed by atoms with Crippen LogP contribution >= 0.6 is 23.4 Å². The van der Waals surface area contributed by atoms with Gasteiger partial charge in [-0.2, -0.15) is 11.8 Å². The van der Waals surface area contributed by atoms with E-state index in [2.05, 4.69) is 49.5 Å². The standard InChI is InChI=1S/C21H23ClFNS/c1-4-21(5-2,17-10-9-15(22)11-19(17)23)18-12-24-20-14(13-25-3)7-6-8-16(18)20/h6-12,24H,4-5,13H2,1-3H3. The van der Waals surface area contributed by atoms with Crippen molar-refractivity contribution in [2.24, 2.45) is 0 Å². The van der Waals surface area contributed by atoms with Gasteiger partial charge in [-0.25, -0.2) is 4.39 Å². The Balaban J connectivity index is 2.25. The van der Waals surface area contributed by atoms with Crippen LogP contribution in [0.25, 0.3) is 10.9 Å². The maximum atomic E-state index is 14.8. The third kappa shape index (κ3) is 3.09. The summed E-state index contributed by atoms with van der Waals surface area (Å²) in [6.07, 6.45) is 5.81. The van der Waals surface area contributed by atoms with E-state index in [0.717, 1.165) is 35.2 Å². The molecule has 0 fully saturated rings. The topological polar surface area (TPSA) is 15.8 Å². The molecule has 3 rings (SSSR count). The van der Waals surface area contributed by atoms with Crippen LogP contribution in [-0.2, 0) is 11.2 Å². The van der Waals surface area contributed by atoms with Crippen LogP contribution in [0.4, 0.5) is 4.39 Å². The fourth-order valence-electron chi connectivity index (χ4n) is 3.92. The molecule has 0 atom stereocenters. The molecule has 0 spiro atoms. The van der Waals surface area contributed by atoms with Gasteiger partial charge in [0.2, 0.25) is 0 Å². The zero-order valence-corrected chi connectivity index (χ0v) is 16.4. The van der Waals surface area contributed by atoms with Crippen LogP contribution in [-0.4, -0.2) is 11.2 Å². The summed E-state index contributed by atoms with van der Waals surface area (Å²) in [5, 5.41) is 1.62. The molecule has 1 nitrogen and oxygen atoms in total. The van der Waals surface area contributed by atoms with Gasteiger partial charge in [-0.15, -0.1) is 0 Å². The van der Waals surface area contributed by atoms with Crippen molar-refractivity contribution >= 4 is 34.3 Å².